The van der Waals surface area contributed by atoms with Crippen molar-refractivity contribution in [2.24, 2.45) is 23.2 Å². The van der Waals surface area contributed by atoms with Crippen molar-refractivity contribution >= 4 is 12.3 Å². The largest absolute Gasteiger partial charge is 0.390 e. The minimum absolute atomic E-state index is 0.0887. The molecule has 6 heteroatoms. The molecule has 2 amide bonds. The van der Waals surface area contributed by atoms with Gasteiger partial charge in [-0.05, 0) is 69.1 Å². The Morgan fingerprint density at radius 3 is 2.56 bits per heavy atom. The first-order valence-electron chi connectivity index (χ1n) is 9.61. The maximum absolute atomic E-state index is 13.4. The number of aliphatic hydroxyl groups is 1. The maximum atomic E-state index is 13.4. The van der Waals surface area contributed by atoms with E-state index in [0.717, 1.165) is 44.9 Å². The summed E-state index contributed by atoms with van der Waals surface area (Å²) in [6.45, 7) is 0. The molecule has 5 saturated carbocycles. The smallest absolute Gasteiger partial charge is 0.247 e. The highest BCUT2D eigenvalue weighted by Crippen LogP contribution is 2.63. The molecule has 134 valence electrons. The van der Waals surface area contributed by atoms with E-state index in [1.165, 1.54) is 0 Å². The topological polar surface area (TPSA) is 93.4 Å². The van der Waals surface area contributed by atoms with Gasteiger partial charge in [-0.1, -0.05) is 0 Å². The Morgan fingerprint density at radius 2 is 1.96 bits per heavy atom. The van der Waals surface area contributed by atoms with Crippen molar-refractivity contribution in [1.29, 1.82) is 5.26 Å². The summed E-state index contributed by atoms with van der Waals surface area (Å²) < 4.78 is 0. The van der Waals surface area contributed by atoms with Gasteiger partial charge in [0, 0.05) is 11.5 Å². The van der Waals surface area contributed by atoms with E-state index in [9.17, 15) is 20.0 Å². The summed E-state index contributed by atoms with van der Waals surface area (Å²) in [6, 6.07) is 1.50. The third kappa shape index (κ3) is 2.18. The van der Waals surface area contributed by atoms with E-state index in [1.54, 1.807) is 4.90 Å². The molecule has 5 aliphatic carbocycles. The molecule has 1 saturated heterocycles. The Balaban J connectivity index is 1.48. The molecule has 6 rings (SSSR count). The fourth-order valence-electron chi connectivity index (χ4n) is 7.24. The van der Waals surface area contributed by atoms with Crippen molar-refractivity contribution in [3.8, 4) is 6.07 Å². The van der Waals surface area contributed by atoms with Gasteiger partial charge in [-0.15, -0.1) is 0 Å². The Hall–Kier alpha value is -1.61. The Morgan fingerprint density at radius 1 is 1.24 bits per heavy atom. The summed E-state index contributed by atoms with van der Waals surface area (Å²) >= 11 is 0. The van der Waals surface area contributed by atoms with Crippen LogP contribution < -0.4 is 5.32 Å². The van der Waals surface area contributed by atoms with Gasteiger partial charge in [0.25, 0.3) is 0 Å². The summed E-state index contributed by atoms with van der Waals surface area (Å²) in [7, 11) is 0. The Kier molecular flexibility index (Phi) is 3.11. The van der Waals surface area contributed by atoms with Gasteiger partial charge in [-0.3, -0.25) is 9.59 Å². The molecule has 0 aromatic heterocycles. The molecule has 0 aromatic carbocycles. The molecule has 3 unspecified atom stereocenters. The third-order valence-electron chi connectivity index (χ3n) is 7.68. The lowest BCUT2D eigenvalue weighted by molar-refractivity contribution is -0.181. The highest BCUT2D eigenvalue weighted by Gasteiger charge is 2.63. The van der Waals surface area contributed by atoms with Crippen LogP contribution in [-0.2, 0) is 9.59 Å². The second-order valence-electron chi connectivity index (χ2n) is 9.45. The minimum Gasteiger partial charge on any atom is -0.390 e. The molecule has 2 N–H and O–H groups in total. The number of nitrogens with zero attached hydrogens (tertiary/aromatic N) is 2. The van der Waals surface area contributed by atoms with E-state index in [4.69, 9.17) is 0 Å². The summed E-state index contributed by atoms with van der Waals surface area (Å²) in [6.07, 6.45) is 7.61. The predicted molar refractivity (Wildman–Crippen MR) is 87.8 cm³/mol. The van der Waals surface area contributed by atoms with Gasteiger partial charge in [-0.25, -0.2) is 0 Å². The molecule has 6 aliphatic rings. The van der Waals surface area contributed by atoms with E-state index in [2.05, 4.69) is 11.4 Å². The Bertz CT molecular complexity index is 657. The zero-order chi connectivity index (χ0) is 17.4. The van der Waals surface area contributed by atoms with E-state index in [1.807, 2.05) is 0 Å². The van der Waals surface area contributed by atoms with Crippen molar-refractivity contribution in [1.82, 2.24) is 10.2 Å². The van der Waals surface area contributed by atoms with Crippen LogP contribution in [0.2, 0.25) is 0 Å². The zero-order valence-electron chi connectivity index (χ0n) is 14.4. The molecule has 4 bridgehead atoms. The number of hydrogen-bond acceptors (Lipinski definition) is 4. The van der Waals surface area contributed by atoms with Gasteiger partial charge in [-0.2, -0.15) is 5.26 Å². The average Bonchev–Trinajstić information content (AvgIpc) is 3.19. The highest BCUT2D eigenvalue weighted by atomic mass is 16.3. The van der Waals surface area contributed by atoms with E-state index < -0.39 is 11.6 Å². The standard InChI is InChI=1S/C19H25N3O3/c20-8-14-2-13-3-15(13)22(14)17(24)16(21-10-23)18-4-11-1-12(5-18)7-19(25,6-11)9-18/h10-16,25H,1-7,9H2,(H,21,23)/t11-,12+,13-,14+,15+,16?,18?,19?/m0/s1/i3+1,16+1,17+1. The van der Waals surface area contributed by atoms with Crippen molar-refractivity contribution < 1.29 is 14.7 Å². The van der Waals surface area contributed by atoms with Crippen LogP contribution in [0.3, 0.4) is 0 Å². The number of nitriles is 1. The van der Waals surface area contributed by atoms with Crippen LogP contribution in [-0.4, -0.2) is 46.1 Å². The predicted octanol–water partition coefficient (Wildman–Crippen LogP) is 0.945. The molecule has 25 heavy (non-hydrogen) atoms. The van der Waals surface area contributed by atoms with Crippen LogP contribution in [0.5, 0.6) is 0 Å². The lowest BCUT2D eigenvalue weighted by Gasteiger charge is -2.62. The molecule has 1 heterocycles. The highest BCUT2D eigenvalue weighted by molar-refractivity contribution is 5.86. The number of amides is 2. The van der Waals surface area contributed by atoms with Crippen LogP contribution in [0.4, 0.5) is 0 Å². The molecule has 6 nitrogen and oxygen atoms in total. The Labute approximate surface area is 147 Å². The molecule has 0 spiro atoms. The maximum Gasteiger partial charge on any atom is 0.247 e. The van der Waals surface area contributed by atoms with Gasteiger partial charge in [0.1, 0.15) is 12.1 Å². The van der Waals surface area contributed by atoms with Gasteiger partial charge in [0.15, 0.2) is 0 Å². The zero-order valence-corrected chi connectivity index (χ0v) is 14.4. The van der Waals surface area contributed by atoms with Crippen molar-refractivity contribution in [2.75, 3.05) is 0 Å². The summed E-state index contributed by atoms with van der Waals surface area (Å²) in [5, 5.41) is 23.3. The van der Waals surface area contributed by atoms with Crippen LogP contribution in [0.25, 0.3) is 0 Å². The molecule has 6 fully saturated rings. The first kappa shape index (κ1) is 15.6. The normalized spacial score (nSPS) is 50.1. The molecule has 0 aromatic rings. The fourth-order valence-corrected chi connectivity index (χ4v) is 7.24. The fraction of sp³-hybridized carbons (Fsp3) is 0.842. The molecular weight excluding hydrogens is 321 g/mol. The van der Waals surface area contributed by atoms with Crippen LogP contribution in [0.15, 0.2) is 0 Å². The lowest BCUT2D eigenvalue weighted by Crippen LogP contribution is -2.65. The second-order valence-corrected chi connectivity index (χ2v) is 9.45. The number of nitrogens with one attached hydrogen (secondary N) is 1. The number of hydrogen-bond donors (Lipinski definition) is 2. The number of fused-ring (bicyclic) bond motifs is 1. The van der Waals surface area contributed by atoms with Crippen molar-refractivity contribution in [2.45, 2.75) is 75.1 Å². The molecular formula is C19H25N3O3. The van der Waals surface area contributed by atoms with E-state index in [-0.39, 0.29) is 23.4 Å². The first-order chi connectivity index (χ1) is 12.0. The molecule has 1 aliphatic heterocycles. The van der Waals surface area contributed by atoms with Crippen LogP contribution in [0.1, 0.15) is 51.4 Å². The van der Waals surface area contributed by atoms with Crippen molar-refractivity contribution in [3.05, 3.63) is 0 Å². The number of likely N-dealkylation sites (tertiary alicyclic amines) is 1. The van der Waals surface area contributed by atoms with E-state index >= 15 is 0 Å². The number of carbonyl (C=O) groups excluding carboxylic acids is 2. The third-order valence-corrected chi connectivity index (χ3v) is 7.68. The number of piperidine rings is 1. The number of carbonyl (C=O) groups is 2. The SMILES string of the molecule is N#C[C@H]1C[C@H]2[13CH2][C@H]2N1[13C](=O)[13CH](NC=O)C12C[C@@H]3C[C@@H](CC(O)(C3)C1)C2. The first-order valence-corrected chi connectivity index (χ1v) is 9.61. The van der Waals surface area contributed by atoms with Crippen molar-refractivity contribution in [3.63, 3.8) is 0 Å². The summed E-state index contributed by atoms with van der Waals surface area (Å²) in [5.41, 5.74) is -1.02. The monoisotopic (exact) mass is 346 g/mol. The summed E-state index contributed by atoms with van der Waals surface area (Å²) in [5.74, 6) is 1.28. The lowest BCUT2D eigenvalue weighted by atomic mass is 9.49. The number of rotatable bonds is 4. The van der Waals surface area contributed by atoms with Gasteiger partial charge >= 0.3 is 0 Å². The van der Waals surface area contributed by atoms with Gasteiger partial charge < -0.3 is 15.3 Å². The average molecular weight is 346 g/mol. The second kappa shape index (κ2) is 4.97. The van der Waals surface area contributed by atoms with Gasteiger partial charge in [0.05, 0.1) is 11.7 Å². The quantitative estimate of drug-likeness (QED) is 0.585. The van der Waals surface area contributed by atoms with Gasteiger partial charge in [0.2, 0.25) is 12.3 Å². The van der Waals surface area contributed by atoms with Crippen LogP contribution >= 0.6 is 0 Å². The molecule has 0 radical (unpaired) electrons. The van der Waals surface area contributed by atoms with E-state index in [0.29, 0.717) is 30.6 Å². The summed E-state index contributed by atoms with van der Waals surface area (Å²) in [4.78, 5) is 26.5. The molecule has 8 atom stereocenters. The minimum atomic E-state index is -0.672. The van der Waals surface area contributed by atoms with Crippen LogP contribution in [0, 0.1) is 34.5 Å².